The summed E-state index contributed by atoms with van der Waals surface area (Å²) in [6, 6.07) is 7.84. The number of benzene rings is 1. The number of piperidine rings is 1. The van der Waals surface area contributed by atoms with E-state index in [0.29, 0.717) is 30.5 Å². The van der Waals surface area contributed by atoms with E-state index < -0.39 is 0 Å². The van der Waals surface area contributed by atoms with Crippen molar-refractivity contribution >= 4 is 16.9 Å². The van der Waals surface area contributed by atoms with Crippen LogP contribution in [-0.4, -0.2) is 41.7 Å². The molecule has 0 unspecified atom stereocenters. The molecule has 4 heteroatoms. The van der Waals surface area contributed by atoms with Crippen LogP contribution in [0.4, 0.5) is 0 Å². The summed E-state index contributed by atoms with van der Waals surface area (Å²) in [4.78, 5) is 14.9. The Morgan fingerprint density at radius 2 is 2.00 bits per heavy atom. The summed E-state index contributed by atoms with van der Waals surface area (Å²) in [7, 11) is 2.25. The van der Waals surface area contributed by atoms with Gasteiger partial charge in [0.25, 0.3) is 0 Å². The van der Waals surface area contributed by atoms with Gasteiger partial charge in [0.05, 0.1) is 12.5 Å². The van der Waals surface area contributed by atoms with Crippen LogP contribution in [0.1, 0.15) is 70.0 Å². The van der Waals surface area contributed by atoms with Crippen LogP contribution in [0.15, 0.2) is 24.4 Å². The SMILES string of the molecule is CCC(CC)C(=O)OC[C@@H]1C[C@@H]2c3cccc4c3c(cn4C(C)C)C[C@H]2N(C)C1. The monoisotopic (exact) mass is 396 g/mol. The Kier molecular flexibility index (Phi) is 5.74. The maximum atomic E-state index is 12.4. The van der Waals surface area contributed by atoms with E-state index in [4.69, 9.17) is 4.74 Å². The number of likely N-dealkylation sites (N-methyl/N-ethyl adjacent to an activating group) is 1. The number of esters is 1. The maximum Gasteiger partial charge on any atom is 0.308 e. The van der Waals surface area contributed by atoms with Crippen LogP contribution in [0.3, 0.4) is 0 Å². The molecule has 1 saturated heterocycles. The molecule has 4 rings (SSSR count). The summed E-state index contributed by atoms with van der Waals surface area (Å²) >= 11 is 0. The fraction of sp³-hybridized carbons (Fsp3) is 0.640. The molecule has 3 atom stereocenters. The number of carbonyl (C=O) groups is 1. The van der Waals surface area contributed by atoms with Gasteiger partial charge in [0, 0.05) is 47.6 Å². The first-order valence-corrected chi connectivity index (χ1v) is 11.4. The van der Waals surface area contributed by atoms with Gasteiger partial charge in [-0.15, -0.1) is 0 Å². The lowest BCUT2D eigenvalue weighted by Crippen LogP contribution is -2.48. The summed E-state index contributed by atoms with van der Waals surface area (Å²) in [6.45, 7) is 10.2. The van der Waals surface area contributed by atoms with Crippen LogP contribution >= 0.6 is 0 Å². The molecule has 2 heterocycles. The summed E-state index contributed by atoms with van der Waals surface area (Å²) in [6.07, 6.45) is 6.34. The van der Waals surface area contributed by atoms with Crippen molar-refractivity contribution in [2.24, 2.45) is 11.8 Å². The van der Waals surface area contributed by atoms with Crippen molar-refractivity contribution in [1.29, 1.82) is 0 Å². The number of hydrogen-bond acceptors (Lipinski definition) is 3. The number of likely N-dealkylation sites (tertiary alicyclic amines) is 1. The molecular formula is C25H36N2O2. The number of nitrogens with zero attached hydrogens (tertiary/aromatic N) is 2. The van der Waals surface area contributed by atoms with Gasteiger partial charge < -0.3 is 14.2 Å². The molecule has 0 saturated carbocycles. The lowest BCUT2D eigenvalue weighted by molar-refractivity contribution is -0.151. The number of aromatic nitrogens is 1. The molecule has 0 bridgehead atoms. The average Bonchev–Trinajstić information content (AvgIpc) is 3.08. The van der Waals surface area contributed by atoms with Crippen LogP contribution in [0.2, 0.25) is 0 Å². The Morgan fingerprint density at radius 1 is 1.24 bits per heavy atom. The lowest BCUT2D eigenvalue weighted by atomic mass is 9.72. The third kappa shape index (κ3) is 3.61. The van der Waals surface area contributed by atoms with Gasteiger partial charge in [-0.25, -0.2) is 0 Å². The van der Waals surface area contributed by atoms with Crippen molar-refractivity contribution in [3.63, 3.8) is 0 Å². The second-order valence-electron chi connectivity index (χ2n) is 9.46. The van der Waals surface area contributed by atoms with Crippen molar-refractivity contribution < 1.29 is 9.53 Å². The second kappa shape index (κ2) is 8.14. The minimum absolute atomic E-state index is 0.0122. The van der Waals surface area contributed by atoms with Crippen LogP contribution in [0.5, 0.6) is 0 Å². The molecule has 1 aliphatic heterocycles. The standard InChI is InChI=1S/C25H36N2O2/c1-6-18(7-2)25(28)29-15-17-11-21-20-9-8-10-22-24(20)19(14-27(22)16(3)4)12-23(21)26(5)13-17/h8-10,14,16-18,21,23H,6-7,11-13,15H2,1-5H3/t17-,21-,23-/m1/s1. The molecule has 2 aromatic rings. The predicted molar refractivity (Wildman–Crippen MR) is 118 cm³/mol. The number of carbonyl (C=O) groups excluding carboxylic acids is 1. The van der Waals surface area contributed by atoms with E-state index >= 15 is 0 Å². The van der Waals surface area contributed by atoms with E-state index in [-0.39, 0.29) is 11.9 Å². The van der Waals surface area contributed by atoms with E-state index in [9.17, 15) is 4.79 Å². The highest BCUT2D eigenvalue weighted by Crippen LogP contribution is 2.45. The van der Waals surface area contributed by atoms with Gasteiger partial charge in [-0.3, -0.25) is 4.79 Å². The van der Waals surface area contributed by atoms with Crippen LogP contribution in [0.25, 0.3) is 10.9 Å². The highest BCUT2D eigenvalue weighted by atomic mass is 16.5. The number of rotatable bonds is 6. The zero-order valence-corrected chi connectivity index (χ0v) is 18.6. The van der Waals surface area contributed by atoms with Gasteiger partial charge in [-0.2, -0.15) is 0 Å². The van der Waals surface area contributed by atoms with Gasteiger partial charge in [-0.1, -0.05) is 26.0 Å². The second-order valence-corrected chi connectivity index (χ2v) is 9.46. The van der Waals surface area contributed by atoms with Gasteiger partial charge in [0.15, 0.2) is 0 Å². The van der Waals surface area contributed by atoms with E-state index in [1.807, 2.05) is 0 Å². The minimum Gasteiger partial charge on any atom is -0.465 e. The molecule has 1 aromatic carbocycles. The Bertz CT molecular complexity index is 880. The van der Waals surface area contributed by atoms with Crippen LogP contribution in [0, 0.1) is 11.8 Å². The quantitative estimate of drug-likeness (QED) is 0.633. The smallest absolute Gasteiger partial charge is 0.308 e. The first-order valence-electron chi connectivity index (χ1n) is 11.4. The van der Waals surface area contributed by atoms with Crippen molar-refractivity contribution in [2.45, 2.75) is 71.4 Å². The number of hydrogen-bond donors (Lipinski definition) is 0. The third-order valence-electron chi connectivity index (χ3n) is 7.30. The van der Waals surface area contributed by atoms with Crippen molar-refractivity contribution in [2.75, 3.05) is 20.2 Å². The molecule has 0 spiro atoms. The average molecular weight is 397 g/mol. The highest BCUT2D eigenvalue weighted by molar-refractivity contribution is 5.89. The Hall–Kier alpha value is -1.81. The maximum absolute atomic E-state index is 12.4. The normalized spacial score (nSPS) is 24.3. The van der Waals surface area contributed by atoms with Crippen molar-refractivity contribution in [3.8, 4) is 0 Å². The summed E-state index contributed by atoms with van der Waals surface area (Å²) in [5.41, 5.74) is 4.36. The first-order chi connectivity index (χ1) is 13.9. The van der Waals surface area contributed by atoms with Gasteiger partial charge in [0.2, 0.25) is 0 Å². The van der Waals surface area contributed by atoms with E-state index in [0.717, 1.165) is 32.2 Å². The topological polar surface area (TPSA) is 34.5 Å². The zero-order valence-electron chi connectivity index (χ0n) is 18.6. The Morgan fingerprint density at radius 3 is 2.69 bits per heavy atom. The summed E-state index contributed by atoms with van der Waals surface area (Å²) < 4.78 is 8.19. The zero-order chi connectivity index (χ0) is 20.7. The largest absolute Gasteiger partial charge is 0.465 e. The predicted octanol–water partition coefficient (Wildman–Crippen LogP) is 5.16. The molecule has 158 valence electrons. The molecular weight excluding hydrogens is 360 g/mol. The van der Waals surface area contributed by atoms with Crippen LogP contribution in [-0.2, 0) is 16.0 Å². The molecule has 29 heavy (non-hydrogen) atoms. The van der Waals surface area contributed by atoms with E-state index in [1.165, 1.54) is 22.0 Å². The first kappa shape index (κ1) is 20.5. The molecule has 0 amide bonds. The number of ether oxygens (including phenoxy) is 1. The van der Waals surface area contributed by atoms with Crippen LogP contribution < -0.4 is 0 Å². The van der Waals surface area contributed by atoms with E-state index in [2.05, 4.69) is 68.6 Å². The van der Waals surface area contributed by atoms with Crippen molar-refractivity contribution in [1.82, 2.24) is 9.47 Å². The minimum atomic E-state index is -0.0122. The molecule has 1 aromatic heterocycles. The molecule has 1 fully saturated rings. The molecule has 1 aliphatic carbocycles. The molecule has 2 aliphatic rings. The van der Waals surface area contributed by atoms with Crippen molar-refractivity contribution in [3.05, 3.63) is 35.5 Å². The third-order valence-corrected chi connectivity index (χ3v) is 7.30. The fourth-order valence-electron chi connectivity index (χ4n) is 5.67. The van der Waals surface area contributed by atoms with Gasteiger partial charge in [0.1, 0.15) is 0 Å². The number of fused-ring (bicyclic) bond motifs is 2. The Balaban J connectivity index is 1.57. The highest BCUT2D eigenvalue weighted by Gasteiger charge is 2.40. The molecule has 0 N–H and O–H groups in total. The van der Waals surface area contributed by atoms with Gasteiger partial charge in [-0.05, 0) is 63.8 Å². The molecule has 4 nitrogen and oxygen atoms in total. The molecule has 0 radical (unpaired) electrons. The summed E-state index contributed by atoms with van der Waals surface area (Å²) in [5.74, 6) is 0.959. The van der Waals surface area contributed by atoms with E-state index in [1.54, 1.807) is 0 Å². The Labute approximate surface area is 175 Å². The lowest BCUT2D eigenvalue weighted by Gasteiger charge is -2.45. The summed E-state index contributed by atoms with van der Waals surface area (Å²) in [5, 5.41) is 1.48. The van der Waals surface area contributed by atoms with Gasteiger partial charge >= 0.3 is 5.97 Å². The fourth-order valence-corrected chi connectivity index (χ4v) is 5.67.